The van der Waals surface area contributed by atoms with Gasteiger partial charge < -0.3 is 5.11 Å². The predicted octanol–water partition coefficient (Wildman–Crippen LogP) is 2.08. The first kappa shape index (κ1) is 10.7. The highest BCUT2D eigenvalue weighted by Gasteiger charge is 2.05. The van der Waals surface area contributed by atoms with Crippen molar-refractivity contribution in [3.05, 3.63) is 34.9 Å². The first-order chi connectivity index (χ1) is 6.67. The van der Waals surface area contributed by atoms with Crippen LogP contribution in [0.15, 0.2) is 18.2 Å². The molecule has 0 saturated heterocycles. The van der Waals surface area contributed by atoms with Crippen LogP contribution in [0, 0.1) is 11.3 Å². The number of benzene rings is 1. The fraction of sp³-hybridized carbons (Fsp3) is 0.200. The SMILES string of the molecule is N#Cc1cc(CC(=O)O)ccc1CBr. The molecule has 0 bridgehead atoms. The number of nitriles is 1. The summed E-state index contributed by atoms with van der Waals surface area (Å²) in [6.07, 6.45) is -0.0444. The number of carboxylic acid groups (broad SMARTS) is 1. The maximum Gasteiger partial charge on any atom is 0.307 e. The first-order valence-corrected chi connectivity index (χ1v) is 5.09. The molecule has 0 fully saturated rings. The number of carboxylic acids is 1. The Morgan fingerprint density at radius 2 is 2.29 bits per heavy atom. The molecule has 14 heavy (non-hydrogen) atoms. The van der Waals surface area contributed by atoms with E-state index in [1.807, 2.05) is 6.07 Å². The predicted molar refractivity (Wildman–Crippen MR) is 55.1 cm³/mol. The van der Waals surface area contributed by atoms with Crippen LogP contribution in [0.3, 0.4) is 0 Å². The molecule has 0 aliphatic carbocycles. The van der Waals surface area contributed by atoms with Crippen molar-refractivity contribution in [1.82, 2.24) is 0 Å². The smallest absolute Gasteiger partial charge is 0.307 e. The summed E-state index contributed by atoms with van der Waals surface area (Å²) in [4.78, 5) is 10.4. The minimum absolute atomic E-state index is 0.0444. The van der Waals surface area contributed by atoms with Gasteiger partial charge in [0.25, 0.3) is 0 Å². The molecule has 0 heterocycles. The highest BCUT2D eigenvalue weighted by Crippen LogP contribution is 2.14. The monoisotopic (exact) mass is 253 g/mol. The van der Waals surface area contributed by atoms with E-state index in [2.05, 4.69) is 15.9 Å². The number of alkyl halides is 1. The molecule has 0 unspecified atom stereocenters. The Balaban J connectivity index is 3.03. The Morgan fingerprint density at radius 1 is 1.57 bits per heavy atom. The lowest BCUT2D eigenvalue weighted by Crippen LogP contribution is -2.00. The van der Waals surface area contributed by atoms with Crippen LogP contribution in [0.5, 0.6) is 0 Å². The molecule has 72 valence electrons. The van der Waals surface area contributed by atoms with Crippen molar-refractivity contribution in [1.29, 1.82) is 5.26 Å². The number of carbonyl (C=O) groups is 1. The Morgan fingerprint density at radius 3 is 2.79 bits per heavy atom. The zero-order valence-corrected chi connectivity index (χ0v) is 8.91. The highest BCUT2D eigenvalue weighted by atomic mass is 79.9. The van der Waals surface area contributed by atoms with Crippen molar-refractivity contribution < 1.29 is 9.90 Å². The van der Waals surface area contributed by atoms with E-state index >= 15 is 0 Å². The van der Waals surface area contributed by atoms with E-state index in [-0.39, 0.29) is 6.42 Å². The van der Waals surface area contributed by atoms with E-state index < -0.39 is 5.97 Å². The molecule has 0 spiro atoms. The summed E-state index contributed by atoms with van der Waals surface area (Å²) in [6.45, 7) is 0. The van der Waals surface area contributed by atoms with Gasteiger partial charge in [-0.25, -0.2) is 0 Å². The molecule has 0 amide bonds. The topological polar surface area (TPSA) is 61.1 Å². The molecule has 0 atom stereocenters. The van der Waals surface area contributed by atoms with E-state index in [1.54, 1.807) is 18.2 Å². The van der Waals surface area contributed by atoms with Gasteiger partial charge in [-0.3, -0.25) is 4.79 Å². The van der Waals surface area contributed by atoms with E-state index in [1.165, 1.54) is 0 Å². The van der Waals surface area contributed by atoms with Crippen LogP contribution < -0.4 is 0 Å². The van der Waals surface area contributed by atoms with Crippen molar-refractivity contribution in [2.75, 3.05) is 0 Å². The van der Waals surface area contributed by atoms with E-state index in [0.29, 0.717) is 16.5 Å². The second kappa shape index (κ2) is 4.77. The van der Waals surface area contributed by atoms with Crippen LogP contribution in [0.4, 0.5) is 0 Å². The van der Waals surface area contributed by atoms with Crippen molar-refractivity contribution in [3.8, 4) is 6.07 Å². The number of rotatable bonds is 3. The largest absolute Gasteiger partial charge is 0.481 e. The normalized spacial score (nSPS) is 9.43. The van der Waals surface area contributed by atoms with Gasteiger partial charge in [-0.05, 0) is 17.2 Å². The Bertz CT molecular complexity index is 396. The highest BCUT2D eigenvalue weighted by molar-refractivity contribution is 9.08. The van der Waals surface area contributed by atoms with Crippen LogP contribution in [0.25, 0.3) is 0 Å². The third-order valence-electron chi connectivity index (χ3n) is 1.79. The second-order valence-corrected chi connectivity index (χ2v) is 3.37. The van der Waals surface area contributed by atoms with Gasteiger partial charge in [-0.15, -0.1) is 0 Å². The van der Waals surface area contributed by atoms with Gasteiger partial charge in [-0.1, -0.05) is 28.1 Å². The maximum atomic E-state index is 10.4. The quantitative estimate of drug-likeness (QED) is 0.840. The van der Waals surface area contributed by atoms with Crippen LogP contribution in [-0.4, -0.2) is 11.1 Å². The number of halogens is 1. The lowest BCUT2D eigenvalue weighted by atomic mass is 10.0. The van der Waals surface area contributed by atoms with Crippen molar-refractivity contribution in [3.63, 3.8) is 0 Å². The van der Waals surface area contributed by atoms with Crippen LogP contribution >= 0.6 is 15.9 Å². The van der Waals surface area contributed by atoms with Gasteiger partial charge >= 0.3 is 5.97 Å². The average molecular weight is 254 g/mol. The summed E-state index contributed by atoms with van der Waals surface area (Å²) < 4.78 is 0. The van der Waals surface area contributed by atoms with Crippen molar-refractivity contribution >= 4 is 21.9 Å². The van der Waals surface area contributed by atoms with Crippen molar-refractivity contribution in [2.45, 2.75) is 11.8 Å². The summed E-state index contributed by atoms with van der Waals surface area (Å²) in [7, 11) is 0. The summed E-state index contributed by atoms with van der Waals surface area (Å²) in [5, 5.41) is 18.0. The third-order valence-corrected chi connectivity index (χ3v) is 2.40. The zero-order chi connectivity index (χ0) is 10.6. The molecule has 1 aromatic rings. The molecule has 1 rings (SSSR count). The van der Waals surface area contributed by atoms with Crippen molar-refractivity contribution in [2.24, 2.45) is 0 Å². The summed E-state index contributed by atoms with van der Waals surface area (Å²) >= 11 is 3.26. The number of aliphatic carboxylic acids is 1. The minimum Gasteiger partial charge on any atom is -0.481 e. The van der Waals surface area contributed by atoms with Gasteiger partial charge in [0.15, 0.2) is 0 Å². The van der Waals surface area contributed by atoms with E-state index in [4.69, 9.17) is 10.4 Å². The van der Waals surface area contributed by atoms with E-state index in [0.717, 1.165) is 5.56 Å². The standard InChI is InChI=1S/C10H8BrNO2/c11-5-8-2-1-7(4-10(13)14)3-9(8)6-12/h1-3H,4-5H2,(H,13,14). The number of hydrogen-bond donors (Lipinski definition) is 1. The minimum atomic E-state index is -0.888. The summed E-state index contributed by atoms with van der Waals surface area (Å²) in [5.41, 5.74) is 2.06. The lowest BCUT2D eigenvalue weighted by molar-refractivity contribution is -0.136. The van der Waals surface area contributed by atoms with Gasteiger partial charge in [0.2, 0.25) is 0 Å². The van der Waals surface area contributed by atoms with Crippen LogP contribution in [-0.2, 0) is 16.5 Å². The van der Waals surface area contributed by atoms with Crippen LogP contribution in [0.1, 0.15) is 16.7 Å². The molecule has 1 aromatic carbocycles. The molecule has 3 nitrogen and oxygen atoms in total. The van der Waals surface area contributed by atoms with E-state index in [9.17, 15) is 4.79 Å². The molecule has 0 aliphatic rings. The molecular formula is C10H8BrNO2. The average Bonchev–Trinajstić information content (AvgIpc) is 2.16. The Hall–Kier alpha value is -1.34. The fourth-order valence-electron chi connectivity index (χ4n) is 1.13. The number of hydrogen-bond acceptors (Lipinski definition) is 2. The van der Waals surface area contributed by atoms with Gasteiger partial charge in [-0.2, -0.15) is 5.26 Å². The fourth-order valence-corrected chi connectivity index (χ4v) is 1.62. The van der Waals surface area contributed by atoms with Gasteiger partial charge in [0, 0.05) is 5.33 Å². The molecular weight excluding hydrogens is 246 g/mol. The molecule has 0 aromatic heterocycles. The summed E-state index contributed by atoms with van der Waals surface area (Å²) in [5.74, 6) is -0.888. The molecule has 4 heteroatoms. The molecule has 0 radical (unpaired) electrons. The Labute approximate surface area is 90.1 Å². The summed E-state index contributed by atoms with van der Waals surface area (Å²) in [6, 6.07) is 7.15. The van der Waals surface area contributed by atoms with Crippen LogP contribution in [0.2, 0.25) is 0 Å². The number of nitrogens with zero attached hydrogens (tertiary/aromatic N) is 1. The molecule has 0 saturated carbocycles. The molecule has 1 N–H and O–H groups in total. The first-order valence-electron chi connectivity index (χ1n) is 3.97. The second-order valence-electron chi connectivity index (χ2n) is 2.81. The maximum absolute atomic E-state index is 10.4. The van der Waals surface area contributed by atoms with Gasteiger partial charge in [0.05, 0.1) is 18.1 Å². The lowest BCUT2D eigenvalue weighted by Gasteiger charge is -2.02. The Kier molecular flexibility index (Phi) is 3.66. The third kappa shape index (κ3) is 2.57. The zero-order valence-electron chi connectivity index (χ0n) is 7.33. The molecule has 0 aliphatic heterocycles. The van der Waals surface area contributed by atoms with Gasteiger partial charge in [0.1, 0.15) is 0 Å².